The Hall–Kier alpha value is -2.45. The van der Waals surface area contributed by atoms with Crippen LogP contribution in [0.3, 0.4) is 0 Å². The number of carbonyl (C=O) groups excluding carboxylic acids is 1. The molecule has 25 heavy (non-hydrogen) atoms. The lowest BCUT2D eigenvalue weighted by atomic mass is 10.2. The van der Waals surface area contributed by atoms with Gasteiger partial charge in [0.1, 0.15) is 6.04 Å². The number of aliphatic hydroxyl groups is 1. The number of aliphatic hydroxyl groups excluding tert-OH is 1. The number of hydrogen-bond acceptors (Lipinski definition) is 6. The van der Waals surface area contributed by atoms with Crippen LogP contribution in [0.2, 0.25) is 0 Å². The lowest BCUT2D eigenvalue weighted by Crippen LogP contribution is -2.52. The number of amides is 2. The number of hydrogen-bond donors (Lipinski definition) is 2. The maximum absolute atomic E-state index is 12.4. The van der Waals surface area contributed by atoms with Crippen LogP contribution in [-0.4, -0.2) is 70.4 Å². The number of rotatable bonds is 5. The number of aromatic nitrogens is 2. The van der Waals surface area contributed by atoms with E-state index in [-0.39, 0.29) is 18.7 Å². The second-order valence-electron chi connectivity index (χ2n) is 6.05. The zero-order valence-electron chi connectivity index (χ0n) is 14.3. The van der Waals surface area contributed by atoms with Gasteiger partial charge in [0.05, 0.1) is 6.61 Å². The highest BCUT2D eigenvalue weighted by Gasteiger charge is 2.24. The fraction of sp³-hybridized carbons (Fsp3) is 0.471. The van der Waals surface area contributed by atoms with E-state index in [1.165, 1.54) is 0 Å². The molecule has 8 nitrogen and oxygen atoms in total. The highest BCUT2D eigenvalue weighted by Crippen LogP contribution is 2.18. The van der Waals surface area contributed by atoms with Gasteiger partial charge < -0.3 is 19.8 Å². The molecule has 2 amide bonds. The zero-order valence-corrected chi connectivity index (χ0v) is 14.3. The lowest BCUT2D eigenvalue weighted by Gasteiger charge is -2.34. The molecule has 8 heteroatoms. The van der Waals surface area contributed by atoms with Crippen molar-refractivity contribution in [1.82, 2.24) is 25.3 Å². The van der Waals surface area contributed by atoms with Crippen molar-refractivity contribution in [2.45, 2.75) is 13.0 Å². The van der Waals surface area contributed by atoms with E-state index in [1.807, 2.05) is 37.3 Å². The van der Waals surface area contributed by atoms with Crippen LogP contribution in [-0.2, 0) is 0 Å². The molecule has 2 aromatic rings. The zero-order chi connectivity index (χ0) is 17.6. The van der Waals surface area contributed by atoms with Crippen molar-refractivity contribution in [3.05, 3.63) is 36.2 Å². The van der Waals surface area contributed by atoms with Crippen molar-refractivity contribution in [1.29, 1.82) is 0 Å². The van der Waals surface area contributed by atoms with Gasteiger partial charge in [-0.2, -0.15) is 4.98 Å². The van der Waals surface area contributed by atoms with E-state index in [1.54, 1.807) is 4.90 Å². The molecule has 3 rings (SSSR count). The Bertz CT molecular complexity index is 683. The second kappa shape index (κ2) is 8.09. The Morgan fingerprint density at radius 1 is 1.28 bits per heavy atom. The summed E-state index contributed by atoms with van der Waals surface area (Å²) >= 11 is 0. The van der Waals surface area contributed by atoms with Crippen LogP contribution in [0.4, 0.5) is 4.79 Å². The summed E-state index contributed by atoms with van der Waals surface area (Å²) in [5, 5.41) is 15.8. The summed E-state index contributed by atoms with van der Waals surface area (Å²) < 4.78 is 5.29. The van der Waals surface area contributed by atoms with Crippen molar-refractivity contribution in [3.63, 3.8) is 0 Å². The van der Waals surface area contributed by atoms with Crippen LogP contribution in [0.25, 0.3) is 11.4 Å². The molecule has 0 radical (unpaired) electrons. The number of benzene rings is 1. The monoisotopic (exact) mass is 345 g/mol. The summed E-state index contributed by atoms with van der Waals surface area (Å²) in [4.78, 5) is 20.6. The van der Waals surface area contributed by atoms with Crippen molar-refractivity contribution in [2.24, 2.45) is 0 Å². The fourth-order valence-electron chi connectivity index (χ4n) is 2.77. The van der Waals surface area contributed by atoms with Crippen LogP contribution < -0.4 is 5.32 Å². The molecule has 1 atom stereocenters. The summed E-state index contributed by atoms with van der Waals surface area (Å²) in [5.41, 5.74) is 0.871. The molecule has 0 saturated carbocycles. The highest BCUT2D eigenvalue weighted by atomic mass is 16.5. The Kier molecular flexibility index (Phi) is 5.62. The Morgan fingerprint density at radius 3 is 2.68 bits per heavy atom. The van der Waals surface area contributed by atoms with E-state index in [2.05, 4.69) is 20.4 Å². The molecule has 0 spiro atoms. The summed E-state index contributed by atoms with van der Waals surface area (Å²) in [6.45, 7) is 5.42. The van der Waals surface area contributed by atoms with Gasteiger partial charge in [0.2, 0.25) is 11.7 Å². The van der Waals surface area contributed by atoms with Gasteiger partial charge in [0.25, 0.3) is 0 Å². The SMILES string of the molecule is C[C@@H](NC(=O)N1CCN(CCO)CC1)c1nc(-c2ccccc2)no1. The smallest absolute Gasteiger partial charge is 0.318 e. The summed E-state index contributed by atoms with van der Waals surface area (Å²) in [7, 11) is 0. The molecule has 0 aliphatic carbocycles. The van der Waals surface area contributed by atoms with E-state index in [9.17, 15) is 4.79 Å². The summed E-state index contributed by atoms with van der Waals surface area (Å²) in [5.74, 6) is 0.889. The Morgan fingerprint density at radius 2 is 2.00 bits per heavy atom. The Balaban J connectivity index is 1.55. The first-order valence-electron chi connectivity index (χ1n) is 8.45. The van der Waals surface area contributed by atoms with Crippen molar-refractivity contribution < 1.29 is 14.4 Å². The van der Waals surface area contributed by atoms with Crippen LogP contribution >= 0.6 is 0 Å². The van der Waals surface area contributed by atoms with Gasteiger partial charge in [-0.25, -0.2) is 4.79 Å². The van der Waals surface area contributed by atoms with Crippen LogP contribution in [0.15, 0.2) is 34.9 Å². The standard InChI is InChI=1S/C17H23N5O3/c1-13(16-19-15(20-25-16)14-5-3-2-4-6-14)18-17(24)22-9-7-21(8-10-22)11-12-23/h2-6,13,23H,7-12H2,1H3,(H,18,24)/t13-/m1/s1. The third-order valence-electron chi connectivity index (χ3n) is 4.26. The second-order valence-corrected chi connectivity index (χ2v) is 6.05. The maximum atomic E-state index is 12.4. The number of piperazine rings is 1. The van der Waals surface area contributed by atoms with Gasteiger partial charge >= 0.3 is 6.03 Å². The third kappa shape index (κ3) is 4.34. The quantitative estimate of drug-likeness (QED) is 0.843. The third-order valence-corrected chi connectivity index (χ3v) is 4.26. The van der Waals surface area contributed by atoms with Gasteiger partial charge in [0, 0.05) is 38.3 Å². The number of carbonyl (C=O) groups is 1. The maximum Gasteiger partial charge on any atom is 0.318 e. The topological polar surface area (TPSA) is 94.7 Å². The average Bonchev–Trinajstić information content (AvgIpc) is 3.13. The minimum Gasteiger partial charge on any atom is -0.395 e. The molecule has 1 fully saturated rings. The average molecular weight is 345 g/mol. The predicted octanol–water partition coefficient (Wildman–Crippen LogP) is 1.12. The van der Waals surface area contributed by atoms with Gasteiger partial charge in [-0.15, -0.1) is 0 Å². The number of β-amino-alcohol motifs (C(OH)–C–C–N with tert-alkyl or cyclic N) is 1. The summed E-state index contributed by atoms with van der Waals surface area (Å²) in [6.07, 6.45) is 0. The van der Waals surface area contributed by atoms with Crippen LogP contribution in [0.5, 0.6) is 0 Å². The normalized spacial score (nSPS) is 16.6. The minimum atomic E-state index is -0.368. The van der Waals surface area contributed by atoms with Crippen LogP contribution in [0.1, 0.15) is 18.9 Å². The van der Waals surface area contributed by atoms with E-state index in [0.29, 0.717) is 31.3 Å². The largest absolute Gasteiger partial charge is 0.395 e. The van der Waals surface area contributed by atoms with E-state index in [0.717, 1.165) is 18.7 Å². The van der Waals surface area contributed by atoms with Gasteiger partial charge in [-0.1, -0.05) is 35.5 Å². The predicted molar refractivity (Wildman–Crippen MR) is 91.8 cm³/mol. The van der Waals surface area contributed by atoms with Gasteiger partial charge in [-0.05, 0) is 6.92 Å². The molecule has 1 aromatic heterocycles. The number of nitrogens with one attached hydrogen (secondary N) is 1. The van der Waals surface area contributed by atoms with E-state index < -0.39 is 0 Å². The van der Waals surface area contributed by atoms with Crippen LogP contribution in [0, 0.1) is 0 Å². The van der Waals surface area contributed by atoms with Crippen molar-refractivity contribution in [2.75, 3.05) is 39.3 Å². The highest BCUT2D eigenvalue weighted by molar-refractivity contribution is 5.74. The van der Waals surface area contributed by atoms with Gasteiger partial charge in [-0.3, -0.25) is 4.90 Å². The van der Waals surface area contributed by atoms with Crippen molar-refractivity contribution in [3.8, 4) is 11.4 Å². The molecular weight excluding hydrogens is 322 g/mol. The minimum absolute atomic E-state index is 0.143. The lowest BCUT2D eigenvalue weighted by molar-refractivity contribution is 0.120. The van der Waals surface area contributed by atoms with E-state index in [4.69, 9.17) is 9.63 Å². The molecule has 0 bridgehead atoms. The Labute approximate surface area is 146 Å². The molecule has 1 saturated heterocycles. The molecule has 134 valence electrons. The number of nitrogens with zero attached hydrogens (tertiary/aromatic N) is 4. The first kappa shape index (κ1) is 17.4. The summed E-state index contributed by atoms with van der Waals surface area (Å²) in [6, 6.07) is 9.05. The fourth-order valence-corrected chi connectivity index (χ4v) is 2.77. The first-order valence-corrected chi connectivity index (χ1v) is 8.45. The molecule has 2 heterocycles. The van der Waals surface area contributed by atoms with E-state index >= 15 is 0 Å². The molecule has 0 unspecified atom stereocenters. The van der Waals surface area contributed by atoms with Crippen molar-refractivity contribution >= 4 is 6.03 Å². The molecule has 1 aromatic carbocycles. The molecule has 2 N–H and O–H groups in total. The molecule has 1 aliphatic heterocycles. The molecular formula is C17H23N5O3. The molecule has 1 aliphatic rings. The number of urea groups is 1. The first-order chi connectivity index (χ1) is 12.2. The van der Waals surface area contributed by atoms with Gasteiger partial charge in [0.15, 0.2) is 0 Å².